The van der Waals surface area contributed by atoms with Crippen molar-refractivity contribution in [2.75, 3.05) is 7.11 Å². The van der Waals surface area contributed by atoms with E-state index in [0.717, 1.165) is 38.5 Å². The molecule has 2 aliphatic rings. The molecule has 1 amide bonds. The van der Waals surface area contributed by atoms with Gasteiger partial charge in [-0.25, -0.2) is 9.97 Å². The summed E-state index contributed by atoms with van der Waals surface area (Å²) in [5, 5.41) is 3.18. The molecule has 1 heterocycles. The lowest BCUT2D eigenvalue weighted by Gasteiger charge is -2.32. The zero-order valence-electron chi connectivity index (χ0n) is 13.0. The van der Waals surface area contributed by atoms with Crippen LogP contribution in [0.4, 0.5) is 0 Å². The van der Waals surface area contributed by atoms with Crippen LogP contribution in [0.5, 0.6) is 11.8 Å². The number of amides is 1. The molecule has 1 aromatic rings. The first-order valence-electron chi connectivity index (χ1n) is 8.08. The zero-order chi connectivity index (χ0) is 15.4. The van der Waals surface area contributed by atoms with Crippen molar-refractivity contribution in [3.63, 3.8) is 0 Å². The molecule has 0 atom stereocenters. The maximum absolute atomic E-state index is 12.0. The maximum Gasteiger partial charge on any atom is 0.278 e. The predicted molar refractivity (Wildman–Crippen MR) is 80.7 cm³/mol. The van der Waals surface area contributed by atoms with E-state index in [1.165, 1.54) is 6.42 Å². The van der Waals surface area contributed by atoms with Crippen LogP contribution in [0.15, 0.2) is 12.4 Å². The minimum absolute atomic E-state index is 0.113. The molecule has 0 aromatic carbocycles. The van der Waals surface area contributed by atoms with Crippen molar-refractivity contribution in [1.29, 1.82) is 0 Å². The number of carbonyl (C=O) groups excluding carboxylic acids is 1. The number of hydrogen-bond acceptors (Lipinski definition) is 5. The monoisotopic (exact) mass is 305 g/mol. The van der Waals surface area contributed by atoms with Gasteiger partial charge in [-0.05, 0) is 38.5 Å². The Hall–Kier alpha value is -1.85. The Morgan fingerprint density at radius 3 is 2.36 bits per heavy atom. The van der Waals surface area contributed by atoms with Gasteiger partial charge >= 0.3 is 0 Å². The van der Waals surface area contributed by atoms with E-state index in [4.69, 9.17) is 9.47 Å². The van der Waals surface area contributed by atoms with Crippen molar-refractivity contribution in [2.24, 2.45) is 5.92 Å². The summed E-state index contributed by atoms with van der Waals surface area (Å²) >= 11 is 0. The summed E-state index contributed by atoms with van der Waals surface area (Å²) < 4.78 is 11.0. The van der Waals surface area contributed by atoms with Crippen molar-refractivity contribution in [2.45, 2.75) is 57.1 Å². The van der Waals surface area contributed by atoms with Gasteiger partial charge in [-0.1, -0.05) is 6.42 Å². The van der Waals surface area contributed by atoms with E-state index < -0.39 is 0 Å². The van der Waals surface area contributed by atoms with Gasteiger partial charge in [0.05, 0.1) is 7.11 Å². The first-order chi connectivity index (χ1) is 10.8. The van der Waals surface area contributed by atoms with Gasteiger partial charge in [0.2, 0.25) is 5.91 Å². The first kappa shape index (κ1) is 15.1. The third-order valence-corrected chi connectivity index (χ3v) is 4.60. The third-order valence-electron chi connectivity index (χ3n) is 4.60. The van der Waals surface area contributed by atoms with Crippen molar-refractivity contribution in [3.05, 3.63) is 12.4 Å². The molecule has 0 aliphatic heterocycles. The highest BCUT2D eigenvalue weighted by Gasteiger charge is 2.29. The summed E-state index contributed by atoms with van der Waals surface area (Å²) in [6, 6.07) is 0.289. The van der Waals surface area contributed by atoms with Gasteiger partial charge in [0.15, 0.2) is 0 Å². The molecule has 2 aliphatic carbocycles. The minimum atomic E-state index is 0.113. The molecule has 22 heavy (non-hydrogen) atoms. The van der Waals surface area contributed by atoms with Crippen LogP contribution in [0.2, 0.25) is 0 Å². The molecule has 0 spiro atoms. The van der Waals surface area contributed by atoms with Gasteiger partial charge < -0.3 is 14.8 Å². The van der Waals surface area contributed by atoms with Crippen molar-refractivity contribution in [3.8, 4) is 11.8 Å². The Bertz CT molecular complexity index is 511. The average Bonchev–Trinajstić information content (AvgIpc) is 2.48. The maximum atomic E-state index is 12.0. The van der Waals surface area contributed by atoms with Crippen LogP contribution in [0.3, 0.4) is 0 Å². The number of methoxy groups -OCH3 is 1. The largest absolute Gasteiger partial charge is 0.477 e. The number of carbonyl (C=O) groups is 1. The van der Waals surface area contributed by atoms with Crippen LogP contribution in [0, 0.1) is 5.92 Å². The van der Waals surface area contributed by atoms with Crippen LogP contribution >= 0.6 is 0 Å². The molecule has 2 saturated carbocycles. The van der Waals surface area contributed by atoms with E-state index in [2.05, 4.69) is 15.3 Å². The Kier molecular flexibility index (Phi) is 4.75. The van der Waals surface area contributed by atoms with Crippen LogP contribution < -0.4 is 14.8 Å². The second-order valence-corrected chi connectivity index (χ2v) is 6.10. The van der Waals surface area contributed by atoms with Gasteiger partial charge in [0.25, 0.3) is 11.8 Å². The summed E-state index contributed by atoms with van der Waals surface area (Å²) in [5.41, 5.74) is 0. The fraction of sp³-hybridized carbons (Fsp3) is 0.688. The molecule has 0 unspecified atom stereocenters. The van der Waals surface area contributed by atoms with E-state index in [-0.39, 0.29) is 24.0 Å². The Balaban J connectivity index is 1.46. The van der Waals surface area contributed by atoms with Crippen molar-refractivity contribution >= 4 is 5.91 Å². The molecule has 1 aromatic heterocycles. The second-order valence-electron chi connectivity index (χ2n) is 6.10. The fourth-order valence-corrected chi connectivity index (χ4v) is 3.01. The van der Waals surface area contributed by atoms with Crippen LogP contribution in [0.1, 0.15) is 44.9 Å². The minimum Gasteiger partial charge on any atom is -0.477 e. The average molecular weight is 305 g/mol. The van der Waals surface area contributed by atoms with Gasteiger partial charge in [0.1, 0.15) is 6.10 Å². The lowest BCUT2D eigenvalue weighted by Crippen LogP contribution is -2.43. The first-order valence-corrected chi connectivity index (χ1v) is 8.08. The van der Waals surface area contributed by atoms with Crippen LogP contribution in [-0.4, -0.2) is 35.1 Å². The molecule has 1 N–H and O–H groups in total. The number of nitrogens with one attached hydrogen (secondary N) is 1. The lowest BCUT2D eigenvalue weighted by atomic mass is 9.84. The topological polar surface area (TPSA) is 73.3 Å². The van der Waals surface area contributed by atoms with Crippen LogP contribution in [0.25, 0.3) is 0 Å². The molecule has 0 radical (unpaired) electrons. The molecule has 120 valence electrons. The van der Waals surface area contributed by atoms with E-state index in [9.17, 15) is 4.79 Å². The number of nitrogens with zero attached hydrogens (tertiary/aromatic N) is 2. The second kappa shape index (κ2) is 6.94. The van der Waals surface area contributed by atoms with Gasteiger partial charge in [0, 0.05) is 24.4 Å². The van der Waals surface area contributed by atoms with Crippen LogP contribution in [-0.2, 0) is 4.79 Å². The van der Waals surface area contributed by atoms with E-state index in [1.54, 1.807) is 19.5 Å². The summed E-state index contributed by atoms with van der Waals surface area (Å²) in [6.07, 6.45) is 10.3. The number of hydrogen-bond donors (Lipinski definition) is 1. The van der Waals surface area contributed by atoms with E-state index >= 15 is 0 Å². The van der Waals surface area contributed by atoms with Crippen molar-refractivity contribution in [1.82, 2.24) is 15.3 Å². The highest BCUT2D eigenvalue weighted by atomic mass is 16.5. The molecule has 6 heteroatoms. The molecular weight excluding hydrogens is 282 g/mol. The van der Waals surface area contributed by atoms with Gasteiger partial charge in [-0.3, -0.25) is 4.79 Å². The summed E-state index contributed by atoms with van der Waals surface area (Å²) in [7, 11) is 1.56. The molecule has 6 nitrogen and oxygen atoms in total. The summed E-state index contributed by atoms with van der Waals surface area (Å²) in [6.45, 7) is 0. The lowest BCUT2D eigenvalue weighted by molar-refractivity contribution is -0.128. The molecule has 3 rings (SSSR count). The predicted octanol–water partition coefficient (Wildman–Crippen LogP) is 2.09. The molecule has 0 saturated heterocycles. The number of aromatic nitrogens is 2. The highest BCUT2D eigenvalue weighted by molar-refractivity contribution is 5.79. The Labute approximate surface area is 130 Å². The third kappa shape index (κ3) is 3.48. The molecular formula is C16H23N3O3. The van der Waals surface area contributed by atoms with E-state index in [1.807, 2.05) is 0 Å². The molecule has 2 fully saturated rings. The fourth-order valence-electron chi connectivity index (χ4n) is 3.01. The smallest absolute Gasteiger partial charge is 0.278 e. The Morgan fingerprint density at radius 1 is 1.09 bits per heavy atom. The summed E-state index contributed by atoms with van der Waals surface area (Å²) in [4.78, 5) is 20.2. The quantitative estimate of drug-likeness (QED) is 0.901. The number of ether oxygens (including phenoxy) is 2. The van der Waals surface area contributed by atoms with Gasteiger partial charge in [-0.15, -0.1) is 0 Å². The normalized spacial score (nSPS) is 25.1. The standard InChI is InChI=1S/C16H23N3O3/c1-21-15-16(18-10-9-17-15)22-13-7-5-12(6-8-13)19-14(20)11-3-2-4-11/h9-13H,2-8H2,1H3,(H,19,20). The zero-order valence-corrected chi connectivity index (χ0v) is 13.0. The Morgan fingerprint density at radius 2 is 1.77 bits per heavy atom. The van der Waals surface area contributed by atoms with E-state index in [0.29, 0.717) is 11.8 Å². The van der Waals surface area contributed by atoms with Crippen molar-refractivity contribution < 1.29 is 14.3 Å². The van der Waals surface area contributed by atoms with Gasteiger partial charge in [-0.2, -0.15) is 0 Å². The SMILES string of the molecule is COc1nccnc1OC1CCC(NC(=O)C2CCC2)CC1. The number of rotatable bonds is 5. The molecule has 0 bridgehead atoms. The summed E-state index contributed by atoms with van der Waals surface area (Å²) in [5.74, 6) is 1.37. The highest BCUT2D eigenvalue weighted by Crippen LogP contribution is 2.29.